The standard InChI is InChI=1S/C14H13NO2S/c1-8-3-4-9-6-11-14(10(9)5-8)15-12(18-11)7-13(16)17-2/h3-5H,6-7H2,1-2H3. The second kappa shape index (κ2) is 4.21. The van der Waals surface area contributed by atoms with Crippen LogP contribution in [-0.2, 0) is 22.4 Å². The van der Waals surface area contributed by atoms with Crippen LogP contribution in [-0.4, -0.2) is 18.1 Å². The molecule has 0 N–H and O–H groups in total. The van der Waals surface area contributed by atoms with Crippen LogP contribution in [0.4, 0.5) is 0 Å². The Morgan fingerprint density at radius 2 is 2.33 bits per heavy atom. The van der Waals surface area contributed by atoms with Crippen molar-refractivity contribution in [3.63, 3.8) is 0 Å². The molecule has 4 heteroatoms. The smallest absolute Gasteiger partial charge is 0.312 e. The Hall–Kier alpha value is -1.68. The summed E-state index contributed by atoms with van der Waals surface area (Å²) in [4.78, 5) is 17.1. The van der Waals surface area contributed by atoms with Crippen LogP contribution in [0.25, 0.3) is 11.3 Å². The lowest BCUT2D eigenvalue weighted by molar-refractivity contribution is -0.139. The number of hydrogen-bond acceptors (Lipinski definition) is 4. The third-order valence-electron chi connectivity index (χ3n) is 3.14. The molecule has 92 valence electrons. The van der Waals surface area contributed by atoms with Crippen LogP contribution in [0.1, 0.15) is 21.0 Å². The Morgan fingerprint density at radius 3 is 3.11 bits per heavy atom. The summed E-state index contributed by atoms with van der Waals surface area (Å²) in [6.07, 6.45) is 1.21. The molecule has 0 saturated heterocycles. The van der Waals surface area contributed by atoms with E-state index in [0.29, 0.717) is 0 Å². The van der Waals surface area contributed by atoms with Crippen molar-refractivity contribution in [3.05, 3.63) is 39.2 Å². The Morgan fingerprint density at radius 1 is 1.50 bits per heavy atom. The molecular formula is C14H13NO2S. The van der Waals surface area contributed by atoms with Crippen LogP contribution in [0.3, 0.4) is 0 Å². The molecule has 1 aromatic heterocycles. The first kappa shape index (κ1) is 11.4. The monoisotopic (exact) mass is 259 g/mol. The van der Waals surface area contributed by atoms with Gasteiger partial charge in [0.05, 0.1) is 19.2 Å². The minimum atomic E-state index is -0.230. The molecule has 0 bridgehead atoms. The van der Waals surface area contributed by atoms with E-state index in [1.54, 1.807) is 11.3 Å². The zero-order chi connectivity index (χ0) is 12.7. The minimum absolute atomic E-state index is 0.230. The topological polar surface area (TPSA) is 39.2 Å². The molecule has 0 radical (unpaired) electrons. The molecule has 2 aromatic rings. The van der Waals surface area contributed by atoms with Gasteiger partial charge in [-0.15, -0.1) is 11.3 Å². The van der Waals surface area contributed by atoms with Crippen molar-refractivity contribution < 1.29 is 9.53 Å². The second-order valence-electron chi connectivity index (χ2n) is 4.47. The Bertz CT molecular complexity index is 631. The Balaban J connectivity index is 1.97. The molecule has 18 heavy (non-hydrogen) atoms. The summed E-state index contributed by atoms with van der Waals surface area (Å²) >= 11 is 1.62. The van der Waals surface area contributed by atoms with Crippen LogP contribution in [0.2, 0.25) is 0 Å². The fourth-order valence-electron chi connectivity index (χ4n) is 2.24. The van der Waals surface area contributed by atoms with Gasteiger partial charge in [0.2, 0.25) is 0 Å². The van der Waals surface area contributed by atoms with E-state index in [-0.39, 0.29) is 12.4 Å². The zero-order valence-corrected chi connectivity index (χ0v) is 11.1. The summed E-state index contributed by atoms with van der Waals surface area (Å²) < 4.78 is 4.67. The highest BCUT2D eigenvalue weighted by molar-refractivity contribution is 7.12. The highest BCUT2D eigenvalue weighted by Crippen LogP contribution is 2.39. The molecule has 0 saturated carbocycles. The summed E-state index contributed by atoms with van der Waals surface area (Å²) in [7, 11) is 1.41. The highest BCUT2D eigenvalue weighted by Gasteiger charge is 2.23. The van der Waals surface area contributed by atoms with Crippen molar-refractivity contribution in [1.29, 1.82) is 0 Å². The number of aromatic nitrogens is 1. The first-order valence-corrected chi connectivity index (χ1v) is 6.64. The lowest BCUT2D eigenvalue weighted by atomic mass is 10.1. The van der Waals surface area contributed by atoms with E-state index in [0.717, 1.165) is 17.1 Å². The van der Waals surface area contributed by atoms with Gasteiger partial charge < -0.3 is 4.74 Å². The molecule has 3 nitrogen and oxygen atoms in total. The van der Waals surface area contributed by atoms with Crippen molar-refractivity contribution in [2.75, 3.05) is 7.11 Å². The predicted octanol–water partition coefficient (Wildman–Crippen LogP) is 2.74. The van der Waals surface area contributed by atoms with Gasteiger partial charge in [0.15, 0.2) is 0 Å². The van der Waals surface area contributed by atoms with E-state index in [4.69, 9.17) is 0 Å². The average Bonchev–Trinajstić information content (AvgIpc) is 2.86. The molecule has 1 heterocycles. The van der Waals surface area contributed by atoms with Gasteiger partial charge in [0.25, 0.3) is 0 Å². The number of nitrogens with zero attached hydrogens (tertiary/aromatic N) is 1. The number of hydrogen-bond donors (Lipinski definition) is 0. The van der Waals surface area contributed by atoms with Gasteiger partial charge in [0, 0.05) is 16.9 Å². The molecule has 0 unspecified atom stereocenters. The summed E-state index contributed by atoms with van der Waals surface area (Å²) in [6.45, 7) is 2.08. The summed E-state index contributed by atoms with van der Waals surface area (Å²) in [5, 5.41) is 0.846. The molecule has 0 atom stereocenters. The number of carbonyl (C=O) groups excluding carboxylic acids is 1. The van der Waals surface area contributed by atoms with E-state index >= 15 is 0 Å². The van der Waals surface area contributed by atoms with E-state index < -0.39 is 0 Å². The molecular weight excluding hydrogens is 246 g/mol. The van der Waals surface area contributed by atoms with Gasteiger partial charge in [-0.1, -0.05) is 17.7 Å². The molecule has 1 aliphatic carbocycles. The number of thiazole rings is 1. The first-order chi connectivity index (χ1) is 8.67. The second-order valence-corrected chi connectivity index (χ2v) is 5.64. The predicted molar refractivity (Wildman–Crippen MR) is 70.8 cm³/mol. The molecule has 1 aromatic carbocycles. The zero-order valence-electron chi connectivity index (χ0n) is 10.3. The maximum Gasteiger partial charge on any atom is 0.312 e. The Labute approximate surface area is 109 Å². The molecule has 0 aliphatic heterocycles. The maximum atomic E-state index is 11.3. The number of esters is 1. The normalized spacial score (nSPS) is 12.1. The average molecular weight is 259 g/mol. The van der Waals surface area contributed by atoms with Gasteiger partial charge in [-0.3, -0.25) is 4.79 Å². The van der Waals surface area contributed by atoms with Gasteiger partial charge in [0.1, 0.15) is 5.01 Å². The lowest BCUT2D eigenvalue weighted by Gasteiger charge is -2.00. The fourth-order valence-corrected chi connectivity index (χ4v) is 3.33. The number of ether oxygens (including phenoxy) is 1. The quantitative estimate of drug-likeness (QED) is 0.664. The molecule has 3 rings (SSSR count). The van der Waals surface area contributed by atoms with Crippen LogP contribution < -0.4 is 0 Å². The third kappa shape index (κ3) is 1.82. The van der Waals surface area contributed by atoms with Crippen LogP contribution in [0, 0.1) is 6.92 Å². The van der Waals surface area contributed by atoms with Gasteiger partial charge >= 0.3 is 5.97 Å². The number of fused-ring (bicyclic) bond motifs is 3. The minimum Gasteiger partial charge on any atom is -0.469 e. The van der Waals surface area contributed by atoms with Gasteiger partial charge in [-0.2, -0.15) is 0 Å². The number of methoxy groups -OCH3 is 1. The van der Waals surface area contributed by atoms with Crippen molar-refractivity contribution in [1.82, 2.24) is 4.98 Å². The highest BCUT2D eigenvalue weighted by atomic mass is 32.1. The summed E-state index contributed by atoms with van der Waals surface area (Å²) in [6, 6.07) is 6.46. The molecule has 0 fully saturated rings. The fraction of sp³-hybridized carbons (Fsp3) is 0.286. The maximum absolute atomic E-state index is 11.3. The summed E-state index contributed by atoms with van der Waals surface area (Å²) in [5.74, 6) is -0.230. The van der Waals surface area contributed by atoms with Gasteiger partial charge in [-0.05, 0) is 18.6 Å². The van der Waals surface area contributed by atoms with Crippen molar-refractivity contribution >= 4 is 17.3 Å². The van der Waals surface area contributed by atoms with E-state index in [2.05, 4.69) is 34.8 Å². The molecule has 0 spiro atoms. The van der Waals surface area contributed by atoms with Crippen molar-refractivity contribution in [3.8, 4) is 11.3 Å². The van der Waals surface area contributed by atoms with E-state index in [9.17, 15) is 4.79 Å². The largest absolute Gasteiger partial charge is 0.469 e. The van der Waals surface area contributed by atoms with Crippen molar-refractivity contribution in [2.45, 2.75) is 19.8 Å². The lowest BCUT2D eigenvalue weighted by Crippen LogP contribution is -2.03. The number of aryl methyl sites for hydroxylation is 1. The Kier molecular flexibility index (Phi) is 2.67. The molecule has 0 amide bonds. The summed E-state index contributed by atoms with van der Waals surface area (Å²) in [5.41, 5.74) is 4.85. The van der Waals surface area contributed by atoms with Crippen LogP contribution >= 0.6 is 11.3 Å². The molecule has 1 aliphatic rings. The number of rotatable bonds is 2. The first-order valence-electron chi connectivity index (χ1n) is 5.82. The van der Waals surface area contributed by atoms with E-state index in [1.807, 2.05) is 0 Å². The number of benzene rings is 1. The van der Waals surface area contributed by atoms with Crippen molar-refractivity contribution in [2.24, 2.45) is 0 Å². The van der Waals surface area contributed by atoms with Crippen LogP contribution in [0.15, 0.2) is 18.2 Å². The van der Waals surface area contributed by atoms with Gasteiger partial charge in [-0.25, -0.2) is 4.98 Å². The SMILES string of the molecule is COC(=O)Cc1nc2c(s1)Cc1ccc(C)cc1-2. The van der Waals surface area contributed by atoms with E-state index in [1.165, 1.54) is 28.7 Å². The third-order valence-corrected chi connectivity index (χ3v) is 4.19. The van der Waals surface area contributed by atoms with Crippen LogP contribution in [0.5, 0.6) is 0 Å². The number of carbonyl (C=O) groups is 1.